The first kappa shape index (κ1) is 34.5. The van der Waals surface area contributed by atoms with Crippen LogP contribution in [0.1, 0.15) is 44.0 Å². The van der Waals surface area contributed by atoms with Crippen LogP contribution in [-0.2, 0) is 28.5 Å². The molecule has 40 heavy (non-hydrogen) atoms. The summed E-state index contributed by atoms with van der Waals surface area (Å²) in [5, 5.41) is 30.7. The number of esters is 3. The summed E-state index contributed by atoms with van der Waals surface area (Å²) in [6.07, 6.45) is 1.74. The number of likely N-dealkylation sites (tertiary alicyclic amines) is 1. The van der Waals surface area contributed by atoms with E-state index in [9.17, 15) is 24.3 Å². The highest BCUT2D eigenvalue weighted by molar-refractivity contribution is 5.89. The molecule has 2 fully saturated rings. The number of nitrogens with zero attached hydrogens (tertiary/aromatic N) is 2. The lowest BCUT2D eigenvalue weighted by molar-refractivity contribution is -0.149. The van der Waals surface area contributed by atoms with Crippen LogP contribution in [0, 0.1) is 11.8 Å². The average Bonchev–Trinajstić information content (AvgIpc) is 2.91. The molecular weight excluding hydrogens is 530 g/mol. The number of aliphatic hydroxyl groups is 2. The van der Waals surface area contributed by atoms with Gasteiger partial charge in [0.05, 0.1) is 57.1 Å². The molecule has 0 bridgehead atoms. The van der Waals surface area contributed by atoms with E-state index in [0.29, 0.717) is 25.9 Å². The maximum Gasteiger partial charge on any atom is 0.410 e. The molecule has 1 amide bonds. The molecule has 0 aliphatic carbocycles. The first-order chi connectivity index (χ1) is 18.7. The zero-order valence-electron chi connectivity index (χ0n) is 23.8. The summed E-state index contributed by atoms with van der Waals surface area (Å²) in [6, 6.07) is 1.29. The van der Waals surface area contributed by atoms with Crippen molar-refractivity contribution in [3.05, 3.63) is 24.0 Å². The molecule has 0 unspecified atom stereocenters. The third kappa shape index (κ3) is 12.6. The van der Waals surface area contributed by atoms with Crippen molar-refractivity contribution in [2.75, 3.05) is 47.5 Å². The molecule has 2 aliphatic heterocycles. The number of carbonyl (C=O) groups excluding carboxylic acids is 4. The summed E-state index contributed by atoms with van der Waals surface area (Å²) < 4.78 is 18.8. The van der Waals surface area contributed by atoms with Gasteiger partial charge in [0.25, 0.3) is 0 Å². The minimum Gasteiger partial charge on any atom is -0.506 e. The normalized spacial score (nSPS) is 22.2. The minimum atomic E-state index is -0.727. The smallest absolute Gasteiger partial charge is 0.410 e. The Balaban J connectivity index is 0.000000315. The molecule has 1 aromatic rings. The van der Waals surface area contributed by atoms with Crippen molar-refractivity contribution in [3.8, 4) is 5.75 Å². The van der Waals surface area contributed by atoms with E-state index in [2.05, 4.69) is 24.5 Å². The van der Waals surface area contributed by atoms with Crippen LogP contribution in [0.25, 0.3) is 0 Å². The van der Waals surface area contributed by atoms with Crippen LogP contribution in [-0.4, -0.2) is 115 Å². The van der Waals surface area contributed by atoms with Crippen LogP contribution >= 0.6 is 0 Å². The van der Waals surface area contributed by atoms with Gasteiger partial charge in [-0.1, -0.05) is 0 Å². The lowest BCUT2D eigenvalue weighted by atomic mass is 9.96. The van der Waals surface area contributed by atoms with E-state index < -0.39 is 41.8 Å². The minimum absolute atomic E-state index is 0.0482. The first-order valence-electron chi connectivity index (χ1n) is 12.6. The van der Waals surface area contributed by atoms with E-state index in [0.717, 1.165) is 0 Å². The molecule has 1 aromatic heterocycles. The van der Waals surface area contributed by atoms with E-state index in [1.807, 2.05) is 0 Å². The fraction of sp³-hybridized carbons (Fsp3) is 0.654. The van der Waals surface area contributed by atoms with Gasteiger partial charge in [-0.25, -0.2) is 9.59 Å². The number of nitrogens with one attached hydrogen (secondary N) is 1. The highest BCUT2D eigenvalue weighted by Crippen LogP contribution is 2.20. The quantitative estimate of drug-likeness (QED) is 0.289. The number of ether oxygens (including phenoxy) is 4. The highest BCUT2D eigenvalue weighted by Gasteiger charge is 2.35. The summed E-state index contributed by atoms with van der Waals surface area (Å²) >= 11 is 0. The second-order valence-corrected chi connectivity index (χ2v) is 10.2. The third-order valence-corrected chi connectivity index (χ3v) is 5.62. The summed E-state index contributed by atoms with van der Waals surface area (Å²) in [5.74, 6) is -1.88. The van der Waals surface area contributed by atoms with Gasteiger partial charge in [-0.3, -0.25) is 14.6 Å². The molecule has 4 atom stereocenters. The Hall–Kier alpha value is -3.49. The molecule has 2 saturated heterocycles. The SMILES string of the molecule is COC(=O)[C@@H]1C[C@H](O)CN(C(=O)OC(C)(C)C)C1.COC(=O)[C@H]1CNC[C@@H](O)C1.COC(=O)c1cncc(O)c1. The zero-order chi connectivity index (χ0) is 30.5. The molecule has 0 aromatic carbocycles. The Morgan fingerprint density at radius 1 is 0.900 bits per heavy atom. The number of amides is 1. The van der Waals surface area contributed by atoms with E-state index in [4.69, 9.17) is 14.9 Å². The van der Waals surface area contributed by atoms with E-state index in [-0.39, 0.29) is 36.3 Å². The number of piperidine rings is 2. The maximum absolute atomic E-state index is 11.9. The number of β-amino-alcohol motifs (C(OH)–C–C–N with tert-alkyl or cyclic N) is 2. The van der Waals surface area contributed by atoms with Gasteiger partial charge in [0.15, 0.2) is 0 Å². The molecule has 226 valence electrons. The molecule has 0 spiro atoms. The van der Waals surface area contributed by atoms with Crippen molar-refractivity contribution < 1.29 is 53.4 Å². The molecule has 14 heteroatoms. The maximum atomic E-state index is 11.9. The Bertz CT molecular complexity index is 983. The van der Waals surface area contributed by atoms with Gasteiger partial charge in [-0.15, -0.1) is 0 Å². The van der Waals surface area contributed by atoms with E-state index >= 15 is 0 Å². The molecule has 14 nitrogen and oxygen atoms in total. The van der Waals surface area contributed by atoms with Gasteiger partial charge >= 0.3 is 24.0 Å². The third-order valence-electron chi connectivity index (χ3n) is 5.62. The monoisotopic (exact) mass is 571 g/mol. The number of hydrogen-bond donors (Lipinski definition) is 4. The average molecular weight is 572 g/mol. The highest BCUT2D eigenvalue weighted by atomic mass is 16.6. The van der Waals surface area contributed by atoms with Gasteiger partial charge in [0, 0.05) is 32.4 Å². The van der Waals surface area contributed by atoms with Gasteiger partial charge < -0.3 is 44.5 Å². The van der Waals surface area contributed by atoms with Crippen molar-refractivity contribution in [2.45, 2.75) is 51.4 Å². The van der Waals surface area contributed by atoms with Crippen molar-refractivity contribution in [2.24, 2.45) is 11.8 Å². The molecule has 0 saturated carbocycles. The first-order valence-corrected chi connectivity index (χ1v) is 12.6. The van der Waals surface area contributed by atoms with Crippen LogP contribution in [0.5, 0.6) is 5.75 Å². The second kappa shape index (κ2) is 16.6. The summed E-state index contributed by atoms with van der Waals surface area (Å²) in [4.78, 5) is 50.0. The number of methoxy groups -OCH3 is 3. The topological polar surface area (TPSA) is 194 Å². The van der Waals surface area contributed by atoms with Gasteiger partial charge in [0.2, 0.25) is 0 Å². The van der Waals surface area contributed by atoms with Crippen LogP contribution in [0.2, 0.25) is 0 Å². The van der Waals surface area contributed by atoms with Crippen molar-refractivity contribution >= 4 is 24.0 Å². The van der Waals surface area contributed by atoms with Crippen molar-refractivity contribution in [3.63, 3.8) is 0 Å². The number of carbonyl (C=O) groups is 4. The second-order valence-electron chi connectivity index (χ2n) is 10.2. The van der Waals surface area contributed by atoms with Crippen molar-refractivity contribution in [1.82, 2.24) is 15.2 Å². The van der Waals surface area contributed by atoms with Gasteiger partial charge in [0.1, 0.15) is 11.4 Å². The Labute approximate surface area is 233 Å². The predicted octanol–water partition coefficient (Wildman–Crippen LogP) is 0.481. The summed E-state index contributed by atoms with van der Waals surface area (Å²) in [5.41, 5.74) is -0.354. The van der Waals surface area contributed by atoms with Crippen LogP contribution in [0.4, 0.5) is 4.79 Å². The van der Waals surface area contributed by atoms with Crippen LogP contribution in [0.3, 0.4) is 0 Å². The Morgan fingerprint density at radius 2 is 1.50 bits per heavy atom. The molecule has 0 radical (unpaired) electrons. The largest absolute Gasteiger partial charge is 0.506 e. The zero-order valence-corrected chi connectivity index (χ0v) is 23.8. The summed E-state index contributed by atoms with van der Waals surface area (Å²) in [6.45, 7) is 6.90. The van der Waals surface area contributed by atoms with Crippen molar-refractivity contribution in [1.29, 1.82) is 0 Å². The van der Waals surface area contributed by atoms with Gasteiger partial charge in [-0.05, 0) is 39.7 Å². The number of aliphatic hydroxyl groups excluding tert-OH is 2. The Morgan fingerprint density at radius 3 is 2.02 bits per heavy atom. The van der Waals surface area contributed by atoms with E-state index in [1.54, 1.807) is 20.8 Å². The van der Waals surface area contributed by atoms with Crippen LogP contribution in [0.15, 0.2) is 18.5 Å². The standard InChI is InChI=1S/C12H21NO5.C7H13NO3.C7H7NO3/c1-12(2,3)18-11(16)13-6-8(10(15)17-4)5-9(14)7-13;2*1-11-7(10)5-2-6(9)4-8-3-5/h8-9,14H,5-7H2,1-4H3;5-6,8-9H,2-4H2,1H3;2-4,9H,1H3/t8-,9+;5-,6+;/m11./s1. The fourth-order valence-corrected chi connectivity index (χ4v) is 3.81. The van der Waals surface area contributed by atoms with Gasteiger partial charge in [-0.2, -0.15) is 0 Å². The summed E-state index contributed by atoms with van der Waals surface area (Å²) in [7, 11) is 3.93. The lowest BCUT2D eigenvalue weighted by Crippen LogP contribution is -2.49. The number of rotatable bonds is 3. The molecule has 4 N–H and O–H groups in total. The molecular formula is C26H41N3O11. The molecule has 2 aliphatic rings. The predicted molar refractivity (Wildman–Crippen MR) is 140 cm³/mol. The number of hydrogen-bond acceptors (Lipinski definition) is 13. The fourth-order valence-electron chi connectivity index (χ4n) is 3.81. The molecule has 3 rings (SSSR count). The Kier molecular flexibility index (Phi) is 14.3. The number of pyridine rings is 1. The molecule has 3 heterocycles. The van der Waals surface area contributed by atoms with Crippen LogP contribution < -0.4 is 5.32 Å². The van der Waals surface area contributed by atoms with E-state index in [1.165, 1.54) is 44.7 Å². The number of aromatic nitrogens is 1. The number of aromatic hydroxyl groups is 1. The lowest BCUT2D eigenvalue weighted by Gasteiger charge is -2.35.